The minimum Gasteiger partial charge on any atom is -0.392 e. The van der Waals surface area contributed by atoms with Gasteiger partial charge in [-0.25, -0.2) is 0 Å². The number of aliphatic hydroxyl groups excluding tert-OH is 1. The number of halogens is 1. The lowest BCUT2D eigenvalue weighted by molar-refractivity contribution is 0.177. The fourth-order valence-electron chi connectivity index (χ4n) is 0.557. The second-order valence-corrected chi connectivity index (χ2v) is 3.49. The molecule has 1 nitrogen and oxygen atoms in total. The van der Waals surface area contributed by atoms with Gasteiger partial charge in [0, 0.05) is 4.83 Å². The monoisotopic (exact) mass is 180 g/mol. The first-order valence-electron chi connectivity index (χ1n) is 2.88. The number of alkyl halides is 1. The van der Waals surface area contributed by atoms with Gasteiger partial charge in [0.25, 0.3) is 0 Å². The van der Waals surface area contributed by atoms with Crippen molar-refractivity contribution in [3.05, 3.63) is 0 Å². The van der Waals surface area contributed by atoms with Gasteiger partial charge in [-0.1, -0.05) is 29.8 Å². The molecule has 0 heterocycles. The molecule has 0 amide bonds. The molecule has 0 spiro atoms. The van der Waals surface area contributed by atoms with E-state index in [4.69, 9.17) is 5.11 Å². The highest BCUT2D eigenvalue weighted by molar-refractivity contribution is 9.09. The van der Waals surface area contributed by atoms with E-state index in [2.05, 4.69) is 29.8 Å². The molecule has 0 aromatic rings. The molecule has 0 aromatic carbocycles. The molecule has 0 saturated heterocycles. The maximum Gasteiger partial charge on any atom is 0.0639 e. The van der Waals surface area contributed by atoms with Crippen molar-refractivity contribution in [2.75, 3.05) is 0 Å². The Morgan fingerprint density at radius 2 is 1.62 bits per heavy atom. The third-order valence-electron chi connectivity index (χ3n) is 1.10. The second-order valence-electron chi connectivity index (χ2n) is 2.43. The SMILES string of the molecule is CC(C)C(Br)C(C)O. The van der Waals surface area contributed by atoms with Crippen molar-refractivity contribution < 1.29 is 5.11 Å². The summed E-state index contributed by atoms with van der Waals surface area (Å²) in [6.45, 7) is 5.94. The molecule has 0 aromatic heterocycles. The zero-order valence-electron chi connectivity index (χ0n) is 5.56. The number of aliphatic hydroxyl groups is 1. The van der Waals surface area contributed by atoms with Crippen LogP contribution in [0.15, 0.2) is 0 Å². The van der Waals surface area contributed by atoms with Crippen LogP contribution in [0.5, 0.6) is 0 Å². The third kappa shape index (κ3) is 2.68. The fraction of sp³-hybridized carbons (Fsp3) is 1.00. The van der Waals surface area contributed by atoms with Crippen LogP contribution in [0.1, 0.15) is 20.8 Å². The van der Waals surface area contributed by atoms with Crippen LogP contribution >= 0.6 is 15.9 Å². The van der Waals surface area contributed by atoms with E-state index in [9.17, 15) is 0 Å². The van der Waals surface area contributed by atoms with E-state index in [1.165, 1.54) is 0 Å². The lowest BCUT2D eigenvalue weighted by Gasteiger charge is -2.15. The van der Waals surface area contributed by atoms with Crippen LogP contribution in [0.4, 0.5) is 0 Å². The average molecular weight is 181 g/mol. The van der Waals surface area contributed by atoms with Gasteiger partial charge in [-0.05, 0) is 12.8 Å². The molecule has 1 N–H and O–H groups in total. The molecule has 0 rings (SSSR count). The van der Waals surface area contributed by atoms with Crippen LogP contribution in [0.25, 0.3) is 0 Å². The quantitative estimate of drug-likeness (QED) is 0.644. The predicted molar refractivity (Wildman–Crippen MR) is 39.2 cm³/mol. The zero-order valence-corrected chi connectivity index (χ0v) is 7.14. The van der Waals surface area contributed by atoms with Crippen LogP contribution < -0.4 is 0 Å². The van der Waals surface area contributed by atoms with E-state index in [0.717, 1.165) is 0 Å². The van der Waals surface area contributed by atoms with Crippen molar-refractivity contribution in [3.8, 4) is 0 Å². The topological polar surface area (TPSA) is 20.2 Å². The van der Waals surface area contributed by atoms with E-state index < -0.39 is 0 Å². The molecule has 2 atom stereocenters. The van der Waals surface area contributed by atoms with Gasteiger partial charge in [0.15, 0.2) is 0 Å². The summed E-state index contributed by atoms with van der Waals surface area (Å²) in [6, 6.07) is 0. The van der Waals surface area contributed by atoms with E-state index in [0.29, 0.717) is 5.92 Å². The second kappa shape index (κ2) is 3.46. The van der Waals surface area contributed by atoms with Crippen molar-refractivity contribution in [1.82, 2.24) is 0 Å². The lowest BCUT2D eigenvalue weighted by atomic mass is 10.1. The Labute approximate surface area is 59.2 Å². The Morgan fingerprint density at radius 1 is 1.25 bits per heavy atom. The molecule has 0 saturated carbocycles. The van der Waals surface area contributed by atoms with Gasteiger partial charge in [0.1, 0.15) is 0 Å². The Hall–Kier alpha value is 0.440. The summed E-state index contributed by atoms with van der Waals surface area (Å²) in [7, 11) is 0. The smallest absolute Gasteiger partial charge is 0.0639 e. The summed E-state index contributed by atoms with van der Waals surface area (Å²) in [5, 5.41) is 8.94. The van der Waals surface area contributed by atoms with E-state index in [1.54, 1.807) is 6.92 Å². The van der Waals surface area contributed by atoms with Crippen molar-refractivity contribution in [2.45, 2.75) is 31.7 Å². The highest BCUT2D eigenvalue weighted by Gasteiger charge is 2.13. The molecular formula is C6H13BrO. The van der Waals surface area contributed by atoms with Gasteiger partial charge in [-0.15, -0.1) is 0 Å². The molecule has 2 heteroatoms. The average Bonchev–Trinajstić information content (AvgIpc) is 1.64. The van der Waals surface area contributed by atoms with E-state index in [-0.39, 0.29) is 10.9 Å². The number of rotatable bonds is 2. The molecule has 0 aliphatic carbocycles. The van der Waals surface area contributed by atoms with Crippen molar-refractivity contribution in [3.63, 3.8) is 0 Å². The van der Waals surface area contributed by atoms with Gasteiger partial charge in [0.05, 0.1) is 6.10 Å². The summed E-state index contributed by atoms with van der Waals surface area (Å²) in [5.74, 6) is 0.509. The van der Waals surface area contributed by atoms with Crippen LogP contribution in [0, 0.1) is 5.92 Å². The van der Waals surface area contributed by atoms with Gasteiger partial charge in [-0.3, -0.25) is 0 Å². The zero-order chi connectivity index (χ0) is 6.73. The molecule has 2 unspecified atom stereocenters. The van der Waals surface area contributed by atoms with E-state index in [1.807, 2.05) is 0 Å². The summed E-state index contributed by atoms with van der Waals surface area (Å²) in [5.41, 5.74) is 0. The molecule has 0 fully saturated rings. The third-order valence-corrected chi connectivity index (χ3v) is 2.92. The van der Waals surface area contributed by atoms with Gasteiger partial charge < -0.3 is 5.11 Å². The molecule has 0 aliphatic rings. The molecule has 50 valence electrons. The maximum atomic E-state index is 8.94. The molecule has 0 bridgehead atoms. The Morgan fingerprint density at radius 3 is 1.62 bits per heavy atom. The molecular weight excluding hydrogens is 168 g/mol. The maximum absolute atomic E-state index is 8.94. The standard InChI is InChI=1S/C6H13BrO/c1-4(2)6(7)5(3)8/h4-6,8H,1-3H3. The van der Waals surface area contributed by atoms with Crippen molar-refractivity contribution >= 4 is 15.9 Å². The van der Waals surface area contributed by atoms with Crippen LogP contribution in [-0.4, -0.2) is 16.0 Å². The summed E-state index contributed by atoms with van der Waals surface area (Å²) < 4.78 is 0. The summed E-state index contributed by atoms with van der Waals surface area (Å²) >= 11 is 3.36. The predicted octanol–water partition coefficient (Wildman–Crippen LogP) is 1.79. The van der Waals surface area contributed by atoms with Gasteiger partial charge in [-0.2, -0.15) is 0 Å². The first kappa shape index (κ1) is 8.44. The number of hydrogen-bond donors (Lipinski definition) is 1. The minimum absolute atomic E-state index is 0.238. The van der Waals surface area contributed by atoms with Gasteiger partial charge >= 0.3 is 0 Å². The highest BCUT2D eigenvalue weighted by Crippen LogP contribution is 2.15. The number of hydrogen-bond acceptors (Lipinski definition) is 1. The van der Waals surface area contributed by atoms with Crippen molar-refractivity contribution in [1.29, 1.82) is 0 Å². The van der Waals surface area contributed by atoms with Crippen LogP contribution in [-0.2, 0) is 0 Å². The Balaban J connectivity index is 3.46. The van der Waals surface area contributed by atoms with Crippen LogP contribution in [0.3, 0.4) is 0 Å². The molecule has 0 aliphatic heterocycles. The van der Waals surface area contributed by atoms with Gasteiger partial charge in [0.2, 0.25) is 0 Å². The summed E-state index contributed by atoms with van der Waals surface area (Å²) in [6.07, 6.45) is -0.241. The highest BCUT2D eigenvalue weighted by atomic mass is 79.9. The minimum atomic E-state index is -0.241. The van der Waals surface area contributed by atoms with Crippen LogP contribution in [0.2, 0.25) is 0 Å². The first-order chi connectivity index (χ1) is 3.55. The summed E-state index contributed by atoms with van der Waals surface area (Å²) in [4.78, 5) is 0.238. The fourth-order valence-corrected chi connectivity index (χ4v) is 0.557. The largest absolute Gasteiger partial charge is 0.392 e. The first-order valence-corrected chi connectivity index (χ1v) is 3.79. The van der Waals surface area contributed by atoms with Crippen molar-refractivity contribution in [2.24, 2.45) is 5.92 Å². The van der Waals surface area contributed by atoms with E-state index >= 15 is 0 Å². The Kier molecular flexibility index (Phi) is 3.65. The normalized spacial score (nSPS) is 18.8. The molecule has 0 radical (unpaired) electrons. The Bertz CT molecular complexity index is 53.5. The lowest BCUT2D eigenvalue weighted by Crippen LogP contribution is -2.21. The molecule has 8 heavy (non-hydrogen) atoms.